The number of imidazole rings is 1. The number of aromatic nitrogens is 4. The van der Waals surface area contributed by atoms with E-state index < -0.39 is 30.3 Å². The first-order chi connectivity index (χ1) is 16.8. The van der Waals surface area contributed by atoms with Crippen molar-refractivity contribution in [3.63, 3.8) is 0 Å². The number of ether oxygens (including phenoxy) is 3. The Morgan fingerprint density at radius 1 is 1.11 bits per heavy atom. The Labute approximate surface area is 201 Å². The minimum Gasteiger partial charge on any atom is -0.352 e. The van der Waals surface area contributed by atoms with Crippen molar-refractivity contribution in [3.05, 3.63) is 23.0 Å². The second-order valence-corrected chi connectivity index (χ2v) is 9.59. The molecule has 0 radical (unpaired) electrons. The highest BCUT2D eigenvalue weighted by molar-refractivity contribution is 5.82. The number of nitrogens with zero attached hydrogens (tertiary/aromatic N) is 3. The van der Waals surface area contributed by atoms with Crippen molar-refractivity contribution in [2.75, 3.05) is 13.1 Å². The largest absolute Gasteiger partial charge is 0.352 e. The van der Waals surface area contributed by atoms with E-state index in [9.17, 15) is 14.4 Å². The zero-order valence-corrected chi connectivity index (χ0v) is 19.8. The lowest BCUT2D eigenvalue weighted by molar-refractivity contribution is -0.197. The summed E-state index contributed by atoms with van der Waals surface area (Å²) in [7, 11) is 0. The summed E-state index contributed by atoms with van der Waals surface area (Å²) in [5, 5.41) is 8.55. The molecule has 13 heteroatoms. The molecule has 3 amide bonds. The van der Waals surface area contributed by atoms with Crippen LogP contribution in [0.15, 0.2) is 17.4 Å². The number of carbonyl (C=O) groups excluding carboxylic acids is 2. The van der Waals surface area contributed by atoms with Crippen molar-refractivity contribution in [3.8, 4) is 0 Å². The van der Waals surface area contributed by atoms with Crippen LogP contribution in [0.3, 0.4) is 0 Å². The number of hydrogen-bond acceptors (Lipinski definition) is 8. The van der Waals surface area contributed by atoms with E-state index in [2.05, 4.69) is 30.9 Å². The maximum Gasteiger partial charge on any atom is 0.315 e. The van der Waals surface area contributed by atoms with Crippen LogP contribution in [0.1, 0.15) is 52.2 Å². The molecule has 4 unspecified atom stereocenters. The summed E-state index contributed by atoms with van der Waals surface area (Å²) in [6.07, 6.45) is 5.21. The van der Waals surface area contributed by atoms with Gasteiger partial charge in [0, 0.05) is 19.1 Å². The van der Waals surface area contributed by atoms with Crippen molar-refractivity contribution in [1.82, 2.24) is 35.5 Å². The van der Waals surface area contributed by atoms with Crippen molar-refractivity contribution in [1.29, 1.82) is 0 Å². The van der Waals surface area contributed by atoms with E-state index in [1.165, 1.54) is 19.1 Å². The van der Waals surface area contributed by atoms with Crippen LogP contribution in [0.2, 0.25) is 0 Å². The molecule has 2 aromatic rings. The fraction of sp³-hybridized carbons (Fsp3) is 0.682. The second kappa shape index (κ2) is 9.55. The van der Waals surface area contributed by atoms with Gasteiger partial charge in [-0.3, -0.25) is 14.2 Å². The standard InChI is InChI=1S/C22H31N7O6/c1-22(2)34-14-15(19(31)23-8-9-24-21(32)28-12-6-4-3-5-7-12)33-20(16(14)35-22)29-11-27-13-17(29)25-10-26-18(13)30/h10-12,14-16,20H,3-9H2,1-2H3,(H,23,31)(H2,24,28,32)(H,25,26,30). The van der Waals surface area contributed by atoms with Gasteiger partial charge >= 0.3 is 6.03 Å². The number of H-pyrrole nitrogens is 1. The highest BCUT2D eigenvalue weighted by atomic mass is 16.8. The van der Waals surface area contributed by atoms with E-state index in [1.807, 2.05) is 0 Å². The lowest BCUT2D eigenvalue weighted by Gasteiger charge is -2.24. The highest BCUT2D eigenvalue weighted by Crippen LogP contribution is 2.43. The van der Waals surface area contributed by atoms with Gasteiger partial charge in [0.25, 0.3) is 11.5 Å². The van der Waals surface area contributed by atoms with Gasteiger partial charge in [-0.15, -0.1) is 0 Å². The number of amides is 3. The molecule has 4 heterocycles. The Balaban J connectivity index is 1.20. The molecule has 4 atom stereocenters. The average Bonchev–Trinajstić information content (AvgIpc) is 3.48. The SMILES string of the molecule is CC1(C)OC2C(C(=O)NCCNC(=O)NC3CCCCC3)OC(n3cnc4c(=O)[nH]cnc43)C2O1. The first kappa shape index (κ1) is 23.7. The molecular formula is C22H31N7O6. The van der Waals surface area contributed by atoms with Gasteiger partial charge < -0.3 is 35.1 Å². The first-order valence-electron chi connectivity index (χ1n) is 12.1. The van der Waals surface area contributed by atoms with Crippen molar-refractivity contribution < 1.29 is 23.8 Å². The van der Waals surface area contributed by atoms with Crippen LogP contribution in [-0.4, -0.2) is 74.7 Å². The van der Waals surface area contributed by atoms with Gasteiger partial charge in [0.2, 0.25) is 0 Å². The molecule has 0 bridgehead atoms. The molecule has 5 rings (SSSR count). The summed E-state index contributed by atoms with van der Waals surface area (Å²) in [5.41, 5.74) is 0.109. The predicted molar refractivity (Wildman–Crippen MR) is 122 cm³/mol. The van der Waals surface area contributed by atoms with Crippen molar-refractivity contribution >= 4 is 23.1 Å². The van der Waals surface area contributed by atoms with Crippen LogP contribution in [0.4, 0.5) is 4.79 Å². The highest BCUT2D eigenvalue weighted by Gasteiger charge is 2.58. The van der Waals surface area contributed by atoms with Crippen LogP contribution >= 0.6 is 0 Å². The van der Waals surface area contributed by atoms with E-state index in [0.717, 1.165) is 25.7 Å². The predicted octanol–water partition coefficient (Wildman–Crippen LogP) is 0.285. The van der Waals surface area contributed by atoms with Gasteiger partial charge in [-0.2, -0.15) is 0 Å². The van der Waals surface area contributed by atoms with E-state index in [1.54, 1.807) is 18.4 Å². The lowest BCUT2D eigenvalue weighted by atomic mass is 9.96. The lowest BCUT2D eigenvalue weighted by Crippen LogP contribution is -2.47. The van der Waals surface area contributed by atoms with Crippen LogP contribution in [0.25, 0.3) is 11.2 Å². The molecular weight excluding hydrogens is 458 g/mol. The third-order valence-corrected chi connectivity index (χ3v) is 6.58. The topological polar surface area (TPSA) is 161 Å². The minimum atomic E-state index is -0.956. The maximum atomic E-state index is 13.0. The molecule has 0 spiro atoms. The Morgan fingerprint density at radius 2 is 1.86 bits per heavy atom. The molecule has 1 saturated carbocycles. The average molecular weight is 490 g/mol. The molecule has 2 aromatic heterocycles. The third-order valence-electron chi connectivity index (χ3n) is 6.58. The Bertz CT molecular complexity index is 1140. The zero-order chi connectivity index (χ0) is 24.6. The zero-order valence-electron chi connectivity index (χ0n) is 19.8. The molecule has 3 fully saturated rings. The summed E-state index contributed by atoms with van der Waals surface area (Å²) < 4.78 is 19.7. The van der Waals surface area contributed by atoms with Gasteiger partial charge in [0.05, 0.1) is 12.7 Å². The van der Waals surface area contributed by atoms with Gasteiger partial charge in [-0.25, -0.2) is 14.8 Å². The van der Waals surface area contributed by atoms with E-state index in [-0.39, 0.29) is 42.1 Å². The number of fused-ring (bicyclic) bond motifs is 2. The molecule has 3 aliphatic rings. The van der Waals surface area contributed by atoms with Crippen molar-refractivity contribution in [2.45, 2.75) is 82.3 Å². The number of rotatable bonds is 6. The monoisotopic (exact) mass is 489 g/mol. The maximum absolute atomic E-state index is 13.0. The van der Waals surface area contributed by atoms with Crippen molar-refractivity contribution in [2.24, 2.45) is 0 Å². The molecule has 1 aliphatic carbocycles. The van der Waals surface area contributed by atoms with Gasteiger partial charge in [-0.1, -0.05) is 19.3 Å². The molecule has 13 nitrogen and oxygen atoms in total. The second-order valence-electron chi connectivity index (χ2n) is 9.59. The van der Waals surface area contributed by atoms with Crippen LogP contribution < -0.4 is 21.5 Å². The van der Waals surface area contributed by atoms with E-state index in [4.69, 9.17) is 14.2 Å². The summed E-state index contributed by atoms with van der Waals surface area (Å²) in [5.74, 6) is -1.30. The Kier molecular flexibility index (Phi) is 6.47. The molecule has 35 heavy (non-hydrogen) atoms. The molecule has 190 valence electrons. The summed E-state index contributed by atoms with van der Waals surface area (Å²) in [4.78, 5) is 48.0. The summed E-state index contributed by atoms with van der Waals surface area (Å²) >= 11 is 0. The summed E-state index contributed by atoms with van der Waals surface area (Å²) in [6, 6.07) is -0.0153. The van der Waals surface area contributed by atoms with Crippen LogP contribution in [0.5, 0.6) is 0 Å². The number of carbonyl (C=O) groups is 2. The Hall–Kier alpha value is -3.03. The third kappa shape index (κ3) is 4.88. The number of aromatic amines is 1. The van der Waals surface area contributed by atoms with Crippen LogP contribution in [0, 0.1) is 0 Å². The van der Waals surface area contributed by atoms with Crippen LogP contribution in [-0.2, 0) is 19.0 Å². The molecule has 0 aromatic carbocycles. The van der Waals surface area contributed by atoms with Gasteiger partial charge in [0.1, 0.15) is 12.2 Å². The molecule has 2 saturated heterocycles. The fourth-order valence-electron chi connectivity index (χ4n) is 5.01. The first-order valence-corrected chi connectivity index (χ1v) is 12.1. The number of urea groups is 1. The number of nitrogens with one attached hydrogen (secondary N) is 4. The Morgan fingerprint density at radius 3 is 2.66 bits per heavy atom. The number of hydrogen-bond donors (Lipinski definition) is 4. The van der Waals surface area contributed by atoms with Gasteiger partial charge in [-0.05, 0) is 26.7 Å². The summed E-state index contributed by atoms with van der Waals surface area (Å²) in [6.45, 7) is 4.03. The van der Waals surface area contributed by atoms with Gasteiger partial charge in [0.15, 0.2) is 29.3 Å². The van der Waals surface area contributed by atoms with E-state index in [0.29, 0.717) is 5.65 Å². The minimum absolute atomic E-state index is 0.163. The van der Waals surface area contributed by atoms with E-state index >= 15 is 0 Å². The quantitative estimate of drug-likeness (QED) is 0.421. The molecule has 2 aliphatic heterocycles. The smallest absolute Gasteiger partial charge is 0.315 e. The fourth-order valence-corrected chi connectivity index (χ4v) is 5.01. The molecule has 4 N–H and O–H groups in total. The normalized spacial score (nSPS) is 28.1.